The lowest BCUT2D eigenvalue weighted by Gasteiger charge is -2.12. The maximum atomic E-state index is 10.9. The van der Waals surface area contributed by atoms with Crippen molar-refractivity contribution in [3.63, 3.8) is 0 Å². The lowest BCUT2D eigenvalue weighted by atomic mass is 10.2. The first-order valence-electron chi connectivity index (χ1n) is 10.4. The number of nitro benzene ring substituents is 1. The summed E-state index contributed by atoms with van der Waals surface area (Å²) >= 11 is 8.77. The third-order valence-electron chi connectivity index (χ3n) is 4.70. The molecule has 0 aliphatic heterocycles. The highest BCUT2D eigenvalue weighted by Gasteiger charge is 2.08. The van der Waals surface area contributed by atoms with Crippen molar-refractivity contribution in [3.8, 4) is 0 Å². The number of benzene rings is 2. The quantitative estimate of drug-likeness (QED) is 0.108. The van der Waals surface area contributed by atoms with Crippen molar-refractivity contribution in [2.75, 3.05) is 27.8 Å². The fraction of sp³-hybridized carbons (Fsp3) is 0.0909. The van der Waals surface area contributed by atoms with Crippen molar-refractivity contribution in [1.29, 1.82) is 0 Å². The van der Waals surface area contributed by atoms with E-state index in [1.54, 1.807) is 30.9 Å². The molecule has 35 heavy (non-hydrogen) atoms. The second-order valence-corrected chi connectivity index (χ2v) is 8.50. The highest BCUT2D eigenvalue weighted by atomic mass is 79.9. The SMILES string of the molecule is O=[N+]([O-])c1cccc(NC(=S)Nc2ccc(Nc3ncc(Br)c(NCCc4cnc[nH]4)n3)cc2)c1. The summed E-state index contributed by atoms with van der Waals surface area (Å²) in [4.78, 5) is 26.4. The van der Waals surface area contributed by atoms with Crippen LogP contribution in [0.1, 0.15) is 5.69 Å². The van der Waals surface area contributed by atoms with Gasteiger partial charge in [0, 0.05) is 60.2 Å². The molecule has 0 spiro atoms. The second-order valence-electron chi connectivity index (χ2n) is 7.23. The van der Waals surface area contributed by atoms with Gasteiger partial charge in [-0.05, 0) is 58.5 Å². The van der Waals surface area contributed by atoms with E-state index in [1.165, 1.54) is 12.1 Å². The predicted octanol–water partition coefficient (Wildman–Crippen LogP) is 5.08. The van der Waals surface area contributed by atoms with Gasteiger partial charge in [0.15, 0.2) is 5.11 Å². The summed E-state index contributed by atoms with van der Waals surface area (Å²) < 4.78 is 0.761. The zero-order valence-corrected chi connectivity index (χ0v) is 20.6. The third kappa shape index (κ3) is 6.94. The number of non-ortho nitro benzene ring substituents is 1. The predicted molar refractivity (Wildman–Crippen MR) is 143 cm³/mol. The van der Waals surface area contributed by atoms with Crippen LogP contribution in [0.25, 0.3) is 0 Å². The molecule has 0 amide bonds. The number of H-pyrrole nitrogens is 1. The molecular weight excluding hydrogens is 534 g/mol. The average Bonchev–Trinajstić information content (AvgIpc) is 3.36. The van der Waals surface area contributed by atoms with Crippen LogP contribution in [0.5, 0.6) is 0 Å². The van der Waals surface area contributed by atoms with E-state index in [1.807, 2.05) is 24.3 Å². The summed E-state index contributed by atoms with van der Waals surface area (Å²) in [5, 5.41) is 23.7. The first kappa shape index (κ1) is 24.0. The molecule has 2 heterocycles. The summed E-state index contributed by atoms with van der Waals surface area (Å²) in [7, 11) is 0. The largest absolute Gasteiger partial charge is 0.369 e. The first-order chi connectivity index (χ1) is 17.0. The number of nitrogens with zero attached hydrogens (tertiary/aromatic N) is 4. The van der Waals surface area contributed by atoms with E-state index in [0.717, 1.165) is 28.0 Å². The third-order valence-corrected chi connectivity index (χ3v) is 5.48. The number of rotatable bonds is 9. The Kier molecular flexibility index (Phi) is 7.80. The number of anilines is 5. The Morgan fingerprint density at radius 2 is 1.86 bits per heavy atom. The van der Waals surface area contributed by atoms with Crippen molar-refractivity contribution < 1.29 is 4.92 Å². The van der Waals surface area contributed by atoms with E-state index in [-0.39, 0.29) is 5.69 Å². The van der Waals surface area contributed by atoms with Gasteiger partial charge >= 0.3 is 0 Å². The van der Waals surface area contributed by atoms with Gasteiger partial charge in [-0.15, -0.1) is 0 Å². The zero-order valence-electron chi connectivity index (χ0n) is 18.2. The van der Waals surface area contributed by atoms with Gasteiger partial charge in [0.1, 0.15) is 5.82 Å². The number of imidazole rings is 1. The average molecular weight is 554 g/mol. The van der Waals surface area contributed by atoms with Crippen LogP contribution < -0.4 is 21.3 Å². The number of thiocarbonyl (C=S) groups is 1. The van der Waals surface area contributed by atoms with E-state index < -0.39 is 4.92 Å². The number of halogens is 1. The Labute approximate surface area is 214 Å². The van der Waals surface area contributed by atoms with E-state index in [4.69, 9.17) is 12.2 Å². The number of nitrogens with one attached hydrogen (secondary N) is 5. The molecule has 5 N–H and O–H groups in total. The summed E-state index contributed by atoms with van der Waals surface area (Å²) in [5.74, 6) is 1.12. The minimum absolute atomic E-state index is 0.0143. The van der Waals surface area contributed by atoms with Crippen LogP contribution in [0.4, 0.5) is 34.5 Å². The molecule has 178 valence electrons. The van der Waals surface area contributed by atoms with Gasteiger partial charge in [-0.25, -0.2) is 9.97 Å². The van der Waals surface area contributed by atoms with Gasteiger partial charge in [-0.3, -0.25) is 10.1 Å². The second kappa shape index (κ2) is 11.4. The van der Waals surface area contributed by atoms with Gasteiger partial charge in [0.2, 0.25) is 5.95 Å². The molecule has 0 atom stereocenters. The Hall–Kier alpha value is -4.10. The maximum absolute atomic E-state index is 10.9. The van der Waals surface area contributed by atoms with E-state index in [0.29, 0.717) is 29.1 Å². The highest BCUT2D eigenvalue weighted by molar-refractivity contribution is 9.10. The molecule has 0 aliphatic carbocycles. The summed E-state index contributed by atoms with van der Waals surface area (Å²) in [5.41, 5.74) is 3.08. The molecule has 0 bridgehead atoms. The van der Waals surface area contributed by atoms with Gasteiger partial charge in [0.25, 0.3) is 5.69 Å². The molecule has 4 aromatic rings. The van der Waals surface area contributed by atoms with Crippen molar-refractivity contribution >= 4 is 67.8 Å². The topological polar surface area (TPSA) is 146 Å². The van der Waals surface area contributed by atoms with Crippen molar-refractivity contribution in [1.82, 2.24) is 19.9 Å². The van der Waals surface area contributed by atoms with E-state index in [9.17, 15) is 10.1 Å². The fourth-order valence-corrected chi connectivity index (χ4v) is 3.61. The normalized spacial score (nSPS) is 10.4. The fourth-order valence-electron chi connectivity index (χ4n) is 3.04. The number of hydrogen-bond acceptors (Lipinski definition) is 8. The van der Waals surface area contributed by atoms with Crippen molar-refractivity contribution in [3.05, 3.63) is 87.5 Å². The van der Waals surface area contributed by atoms with Crippen LogP contribution in [-0.2, 0) is 6.42 Å². The lowest BCUT2D eigenvalue weighted by molar-refractivity contribution is -0.384. The molecule has 13 heteroatoms. The van der Waals surface area contributed by atoms with Crippen LogP contribution in [0.3, 0.4) is 0 Å². The summed E-state index contributed by atoms with van der Waals surface area (Å²) in [6.07, 6.45) is 5.91. The smallest absolute Gasteiger partial charge is 0.271 e. The monoisotopic (exact) mass is 553 g/mol. The van der Waals surface area contributed by atoms with Gasteiger partial charge in [-0.2, -0.15) is 4.98 Å². The maximum Gasteiger partial charge on any atom is 0.271 e. The molecule has 0 aliphatic rings. The number of aromatic amines is 1. The van der Waals surface area contributed by atoms with Crippen molar-refractivity contribution in [2.24, 2.45) is 0 Å². The Morgan fingerprint density at radius 1 is 1.09 bits per heavy atom. The highest BCUT2D eigenvalue weighted by Crippen LogP contribution is 2.23. The van der Waals surface area contributed by atoms with Crippen LogP contribution in [0.2, 0.25) is 0 Å². The summed E-state index contributed by atoms with van der Waals surface area (Å²) in [6.45, 7) is 0.682. The molecule has 11 nitrogen and oxygen atoms in total. The molecule has 0 saturated carbocycles. The molecule has 0 saturated heterocycles. The van der Waals surface area contributed by atoms with Gasteiger partial charge in [0.05, 0.1) is 15.7 Å². The molecule has 2 aromatic heterocycles. The number of nitro groups is 1. The molecule has 0 fully saturated rings. The Bertz CT molecular complexity index is 1320. The van der Waals surface area contributed by atoms with Gasteiger partial charge < -0.3 is 26.3 Å². The summed E-state index contributed by atoms with van der Waals surface area (Å²) in [6, 6.07) is 13.5. The van der Waals surface area contributed by atoms with Crippen LogP contribution >= 0.6 is 28.1 Å². The molecule has 0 unspecified atom stereocenters. The van der Waals surface area contributed by atoms with Gasteiger partial charge in [-0.1, -0.05) is 6.07 Å². The van der Waals surface area contributed by atoms with E-state index in [2.05, 4.69) is 57.1 Å². The minimum Gasteiger partial charge on any atom is -0.369 e. The molecule has 2 aromatic carbocycles. The molecule has 4 rings (SSSR count). The van der Waals surface area contributed by atoms with E-state index >= 15 is 0 Å². The zero-order chi connectivity index (χ0) is 24.6. The number of aromatic nitrogens is 4. The number of hydrogen-bond donors (Lipinski definition) is 5. The molecule has 0 radical (unpaired) electrons. The van der Waals surface area contributed by atoms with Crippen molar-refractivity contribution in [2.45, 2.75) is 6.42 Å². The van der Waals surface area contributed by atoms with Crippen LogP contribution in [-0.4, -0.2) is 36.5 Å². The lowest BCUT2D eigenvalue weighted by Crippen LogP contribution is -2.19. The van der Waals surface area contributed by atoms with Crippen LogP contribution in [0, 0.1) is 10.1 Å². The minimum atomic E-state index is -0.456. The molecular formula is C22H20BrN9O2S. The Morgan fingerprint density at radius 3 is 2.60 bits per heavy atom. The Balaban J connectivity index is 1.32. The standard InChI is InChI=1S/C22H20BrN9O2S/c23-19-12-26-21(31-20(19)25-9-8-17-11-24-13-27-17)28-14-4-6-15(7-5-14)29-22(35)30-16-2-1-3-18(10-16)32(33)34/h1-7,10-13H,8-9H2,(H,24,27)(H2,29,30,35)(H2,25,26,28,31). The first-order valence-corrected chi connectivity index (χ1v) is 11.6. The van der Waals surface area contributed by atoms with Crippen LogP contribution in [0.15, 0.2) is 71.7 Å².